The second-order valence-corrected chi connectivity index (χ2v) is 6.54. The molecule has 0 amide bonds. The summed E-state index contributed by atoms with van der Waals surface area (Å²) < 4.78 is 1.77. The predicted octanol–water partition coefficient (Wildman–Crippen LogP) is 4.78. The molecule has 0 aliphatic heterocycles. The fraction of sp³-hybridized carbons (Fsp3) is 0.0833. The van der Waals surface area contributed by atoms with E-state index in [1.807, 2.05) is 66.9 Å². The summed E-state index contributed by atoms with van der Waals surface area (Å²) in [6.45, 7) is 0.657. The van der Waals surface area contributed by atoms with Crippen LogP contribution >= 0.6 is 0 Å². The van der Waals surface area contributed by atoms with E-state index in [0.717, 1.165) is 22.9 Å². The van der Waals surface area contributed by atoms with Crippen molar-refractivity contribution in [2.24, 2.45) is 0 Å². The van der Waals surface area contributed by atoms with Crippen LogP contribution in [0.1, 0.15) is 11.1 Å². The number of benzene rings is 3. The molecule has 0 N–H and O–H groups in total. The Kier molecular flexibility index (Phi) is 4.55. The van der Waals surface area contributed by atoms with Crippen LogP contribution in [0.5, 0.6) is 0 Å². The van der Waals surface area contributed by atoms with Gasteiger partial charge in [0.2, 0.25) is 0 Å². The van der Waals surface area contributed by atoms with E-state index in [9.17, 15) is 4.79 Å². The molecule has 3 nitrogen and oxygen atoms in total. The highest BCUT2D eigenvalue weighted by Crippen LogP contribution is 2.24. The molecule has 4 rings (SSSR count). The van der Waals surface area contributed by atoms with E-state index < -0.39 is 0 Å². The lowest BCUT2D eigenvalue weighted by molar-refractivity contribution is 0.675. The van der Waals surface area contributed by atoms with Gasteiger partial charge in [-0.3, -0.25) is 4.79 Å². The molecule has 0 aliphatic carbocycles. The first kappa shape index (κ1) is 16.8. The molecule has 0 spiro atoms. The first-order chi connectivity index (χ1) is 13.2. The van der Waals surface area contributed by atoms with Crippen molar-refractivity contribution in [1.82, 2.24) is 4.57 Å². The molecule has 0 bridgehead atoms. The molecule has 0 unspecified atom stereocenters. The van der Waals surface area contributed by atoms with E-state index in [1.165, 1.54) is 5.56 Å². The maximum Gasteiger partial charge on any atom is 0.258 e. The molecule has 0 fully saturated rings. The van der Waals surface area contributed by atoms with Gasteiger partial charge in [-0.2, -0.15) is 5.26 Å². The highest BCUT2D eigenvalue weighted by Gasteiger charge is 2.06. The summed E-state index contributed by atoms with van der Waals surface area (Å²) in [5, 5.41) is 10.7. The average molecular weight is 350 g/mol. The van der Waals surface area contributed by atoms with Gasteiger partial charge in [0.25, 0.3) is 5.56 Å². The smallest absolute Gasteiger partial charge is 0.258 e. The zero-order valence-corrected chi connectivity index (χ0v) is 14.8. The van der Waals surface area contributed by atoms with Crippen LogP contribution in [0, 0.1) is 11.3 Å². The molecular weight excluding hydrogens is 332 g/mol. The van der Waals surface area contributed by atoms with Gasteiger partial charge in [-0.05, 0) is 58.8 Å². The normalized spacial score (nSPS) is 10.6. The molecule has 3 aromatic carbocycles. The SMILES string of the molecule is N#Cc1cccc(-c2ccc3c(=O)n(CCc4ccccc4)ccc3c2)c1. The zero-order valence-electron chi connectivity index (χ0n) is 14.8. The van der Waals surface area contributed by atoms with Gasteiger partial charge in [0.15, 0.2) is 0 Å². The van der Waals surface area contributed by atoms with Crippen molar-refractivity contribution in [3.63, 3.8) is 0 Å². The summed E-state index contributed by atoms with van der Waals surface area (Å²) in [6, 6.07) is 27.7. The number of pyridine rings is 1. The largest absolute Gasteiger partial charge is 0.315 e. The Morgan fingerprint density at radius 1 is 0.852 bits per heavy atom. The molecule has 27 heavy (non-hydrogen) atoms. The fourth-order valence-corrected chi connectivity index (χ4v) is 3.31. The summed E-state index contributed by atoms with van der Waals surface area (Å²) in [7, 11) is 0. The number of hydrogen-bond acceptors (Lipinski definition) is 2. The fourth-order valence-electron chi connectivity index (χ4n) is 3.31. The number of aromatic nitrogens is 1. The van der Waals surface area contributed by atoms with Crippen molar-refractivity contribution in [2.75, 3.05) is 0 Å². The standard InChI is InChI=1S/C24H18N2O/c25-17-19-7-4-8-20(15-19)21-9-10-23-22(16-21)12-14-26(24(23)27)13-11-18-5-2-1-3-6-18/h1-10,12,14-16H,11,13H2. The quantitative estimate of drug-likeness (QED) is 0.531. The molecule has 3 heteroatoms. The van der Waals surface area contributed by atoms with Crippen molar-refractivity contribution < 1.29 is 0 Å². The number of nitrogens with zero attached hydrogens (tertiary/aromatic N) is 2. The molecule has 0 radical (unpaired) electrons. The van der Waals surface area contributed by atoms with Crippen LogP contribution in [0.2, 0.25) is 0 Å². The van der Waals surface area contributed by atoms with Gasteiger partial charge in [0.05, 0.1) is 11.6 Å². The summed E-state index contributed by atoms with van der Waals surface area (Å²) in [5.41, 5.74) is 3.85. The van der Waals surface area contributed by atoms with Crippen LogP contribution in [0.15, 0.2) is 89.9 Å². The Balaban J connectivity index is 1.66. The summed E-state index contributed by atoms with van der Waals surface area (Å²) in [5.74, 6) is 0. The molecule has 0 saturated heterocycles. The molecule has 0 saturated carbocycles. The maximum absolute atomic E-state index is 12.8. The number of fused-ring (bicyclic) bond motifs is 1. The molecular formula is C24H18N2O. The van der Waals surface area contributed by atoms with Crippen LogP contribution in [0.25, 0.3) is 21.9 Å². The third-order valence-corrected chi connectivity index (χ3v) is 4.79. The minimum atomic E-state index is 0.0285. The third-order valence-electron chi connectivity index (χ3n) is 4.79. The van der Waals surface area contributed by atoms with E-state index >= 15 is 0 Å². The van der Waals surface area contributed by atoms with E-state index in [1.54, 1.807) is 10.6 Å². The van der Waals surface area contributed by atoms with Crippen molar-refractivity contribution in [1.29, 1.82) is 5.26 Å². The Labute approximate surface area is 157 Å². The monoisotopic (exact) mass is 350 g/mol. The minimum Gasteiger partial charge on any atom is -0.315 e. The highest BCUT2D eigenvalue weighted by atomic mass is 16.1. The van der Waals surface area contributed by atoms with Crippen molar-refractivity contribution in [2.45, 2.75) is 13.0 Å². The van der Waals surface area contributed by atoms with E-state index in [4.69, 9.17) is 5.26 Å². The van der Waals surface area contributed by atoms with Crippen LogP contribution < -0.4 is 5.56 Å². The Morgan fingerprint density at radius 2 is 1.67 bits per heavy atom. The summed E-state index contributed by atoms with van der Waals surface area (Å²) in [4.78, 5) is 12.8. The molecule has 0 atom stereocenters. The van der Waals surface area contributed by atoms with Gasteiger partial charge in [0.1, 0.15) is 0 Å². The second kappa shape index (κ2) is 7.31. The number of hydrogen-bond donors (Lipinski definition) is 0. The number of rotatable bonds is 4. The van der Waals surface area contributed by atoms with E-state index in [2.05, 4.69) is 18.2 Å². The van der Waals surface area contributed by atoms with Crippen LogP contribution in [-0.4, -0.2) is 4.57 Å². The van der Waals surface area contributed by atoms with Crippen molar-refractivity contribution in [3.05, 3.63) is 107 Å². The van der Waals surface area contributed by atoms with Gasteiger partial charge >= 0.3 is 0 Å². The molecule has 0 aliphatic rings. The van der Waals surface area contributed by atoms with Crippen LogP contribution in [0.3, 0.4) is 0 Å². The Hall–Kier alpha value is -3.64. The summed E-state index contributed by atoms with van der Waals surface area (Å²) >= 11 is 0. The Morgan fingerprint density at radius 3 is 2.48 bits per heavy atom. The van der Waals surface area contributed by atoms with Gasteiger partial charge in [-0.25, -0.2) is 0 Å². The topological polar surface area (TPSA) is 45.8 Å². The predicted molar refractivity (Wildman–Crippen MR) is 109 cm³/mol. The van der Waals surface area contributed by atoms with E-state index in [-0.39, 0.29) is 5.56 Å². The first-order valence-corrected chi connectivity index (χ1v) is 8.92. The van der Waals surface area contributed by atoms with E-state index in [0.29, 0.717) is 17.5 Å². The van der Waals surface area contributed by atoms with Crippen molar-refractivity contribution >= 4 is 10.8 Å². The molecule has 1 aromatic heterocycles. The second-order valence-electron chi connectivity index (χ2n) is 6.54. The lowest BCUT2D eigenvalue weighted by Crippen LogP contribution is -2.20. The highest BCUT2D eigenvalue weighted by molar-refractivity contribution is 5.86. The van der Waals surface area contributed by atoms with Gasteiger partial charge in [-0.15, -0.1) is 0 Å². The minimum absolute atomic E-state index is 0.0285. The van der Waals surface area contributed by atoms with Crippen LogP contribution in [-0.2, 0) is 13.0 Å². The van der Waals surface area contributed by atoms with Gasteiger partial charge in [-0.1, -0.05) is 48.5 Å². The van der Waals surface area contributed by atoms with Gasteiger partial charge < -0.3 is 4.57 Å². The first-order valence-electron chi connectivity index (χ1n) is 8.92. The number of nitriles is 1. The maximum atomic E-state index is 12.8. The lowest BCUT2D eigenvalue weighted by Gasteiger charge is -2.09. The third kappa shape index (κ3) is 3.51. The van der Waals surface area contributed by atoms with Gasteiger partial charge in [0, 0.05) is 18.1 Å². The van der Waals surface area contributed by atoms with Crippen LogP contribution in [0.4, 0.5) is 0 Å². The molecule has 1 heterocycles. The molecule has 4 aromatic rings. The Bertz CT molecular complexity index is 1200. The lowest BCUT2D eigenvalue weighted by atomic mass is 10.0. The number of aryl methyl sites for hydroxylation is 2. The zero-order chi connectivity index (χ0) is 18.6. The van der Waals surface area contributed by atoms with Crippen molar-refractivity contribution in [3.8, 4) is 17.2 Å². The summed E-state index contributed by atoms with van der Waals surface area (Å²) in [6.07, 6.45) is 2.69. The molecule has 130 valence electrons. The average Bonchev–Trinajstić information content (AvgIpc) is 2.74.